The zero-order valence-electron chi connectivity index (χ0n) is 9.38. The van der Waals surface area contributed by atoms with E-state index in [1.165, 1.54) is 6.08 Å². The maximum absolute atomic E-state index is 11.7. The summed E-state index contributed by atoms with van der Waals surface area (Å²) >= 11 is 0.909. The van der Waals surface area contributed by atoms with Crippen molar-refractivity contribution in [3.05, 3.63) is 11.8 Å². The van der Waals surface area contributed by atoms with E-state index in [9.17, 15) is 4.79 Å². The van der Waals surface area contributed by atoms with E-state index in [-0.39, 0.29) is 17.3 Å². The molecule has 0 bridgehead atoms. The molecule has 0 aliphatic carbocycles. The van der Waals surface area contributed by atoms with Crippen LogP contribution < -0.4 is 0 Å². The summed E-state index contributed by atoms with van der Waals surface area (Å²) in [5.74, 6) is 0.657. The molecule has 0 aromatic carbocycles. The van der Waals surface area contributed by atoms with Crippen molar-refractivity contribution in [3.63, 3.8) is 0 Å². The molecule has 79 valence electrons. The first-order valence-electron chi connectivity index (χ1n) is 4.45. The van der Waals surface area contributed by atoms with Crippen molar-refractivity contribution in [2.75, 3.05) is 7.11 Å². The SMILES string of the molecule is COC(C)C(=CC(=O)C(C)(C)C)[O][Sn]. The number of hydrogen-bond acceptors (Lipinski definition) is 3. The van der Waals surface area contributed by atoms with Gasteiger partial charge in [-0.3, -0.25) is 0 Å². The maximum atomic E-state index is 11.7. The molecule has 0 amide bonds. The Labute approximate surface area is 99.5 Å². The molecule has 0 aromatic rings. The second-order valence-corrected chi connectivity index (χ2v) is 4.72. The van der Waals surface area contributed by atoms with Crippen LogP contribution >= 0.6 is 0 Å². The zero-order chi connectivity index (χ0) is 11.4. The molecule has 0 aliphatic rings. The first-order valence-corrected chi connectivity index (χ1v) is 5.61. The van der Waals surface area contributed by atoms with Gasteiger partial charge in [-0.05, 0) is 0 Å². The standard InChI is InChI=1S/C10H18O3.Sn/c1-7(13-5)8(11)6-9(12)10(2,3)4;/h6-7,11H,1-5H3;/q;+1/p-1. The van der Waals surface area contributed by atoms with Gasteiger partial charge < -0.3 is 0 Å². The second kappa shape index (κ2) is 5.75. The van der Waals surface area contributed by atoms with Gasteiger partial charge in [-0.1, -0.05) is 0 Å². The van der Waals surface area contributed by atoms with E-state index in [1.54, 1.807) is 7.11 Å². The van der Waals surface area contributed by atoms with Gasteiger partial charge in [0.1, 0.15) is 0 Å². The van der Waals surface area contributed by atoms with Crippen LogP contribution in [0.1, 0.15) is 27.7 Å². The quantitative estimate of drug-likeness (QED) is 0.450. The third kappa shape index (κ3) is 4.46. The molecule has 0 saturated carbocycles. The Morgan fingerprint density at radius 3 is 2.21 bits per heavy atom. The van der Waals surface area contributed by atoms with Crippen molar-refractivity contribution >= 4 is 28.7 Å². The zero-order valence-corrected chi connectivity index (χ0v) is 12.2. The molecule has 0 heterocycles. The molecule has 0 aromatic heterocycles. The Hall–Kier alpha value is -0.0313. The van der Waals surface area contributed by atoms with E-state index in [4.69, 9.17) is 7.81 Å². The first kappa shape index (κ1) is 14.0. The van der Waals surface area contributed by atoms with Crippen molar-refractivity contribution in [2.45, 2.75) is 33.8 Å². The van der Waals surface area contributed by atoms with Crippen molar-refractivity contribution < 1.29 is 12.6 Å². The Balaban J connectivity index is 4.69. The molecule has 0 N–H and O–H groups in total. The summed E-state index contributed by atoms with van der Waals surface area (Å²) in [6.45, 7) is 7.49. The van der Waals surface area contributed by atoms with Crippen molar-refractivity contribution in [1.29, 1.82) is 0 Å². The second-order valence-electron chi connectivity index (χ2n) is 4.14. The van der Waals surface area contributed by atoms with Gasteiger partial charge in [0.15, 0.2) is 0 Å². The topological polar surface area (TPSA) is 35.5 Å². The van der Waals surface area contributed by atoms with Crippen molar-refractivity contribution in [2.24, 2.45) is 5.41 Å². The number of rotatable bonds is 4. The minimum atomic E-state index is -0.368. The molecular weight excluding hydrogens is 287 g/mol. The van der Waals surface area contributed by atoms with Crippen LogP contribution in [0.3, 0.4) is 0 Å². The van der Waals surface area contributed by atoms with Crippen molar-refractivity contribution in [3.8, 4) is 0 Å². The molecule has 0 rings (SSSR count). The Bertz CT molecular complexity index is 228. The van der Waals surface area contributed by atoms with Crippen LogP contribution in [-0.4, -0.2) is 41.9 Å². The normalized spacial score (nSPS) is 15.1. The Morgan fingerprint density at radius 2 is 1.93 bits per heavy atom. The molecule has 0 aliphatic heterocycles. The van der Waals surface area contributed by atoms with E-state index < -0.39 is 0 Å². The summed E-state index contributed by atoms with van der Waals surface area (Å²) < 4.78 is 10.3. The van der Waals surface area contributed by atoms with Gasteiger partial charge in [0.2, 0.25) is 0 Å². The van der Waals surface area contributed by atoms with E-state index >= 15 is 0 Å². The number of carbonyl (C=O) groups excluding carboxylic acids is 1. The van der Waals surface area contributed by atoms with E-state index in [0.29, 0.717) is 5.76 Å². The van der Waals surface area contributed by atoms with Gasteiger partial charge in [0.05, 0.1) is 0 Å². The van der Waals surface area contributed by atoms with Gasteiger partial charge in [-0.15, -0.1) is 0 Å². The average Bonchev–Trinajstić information content (AvgIpc) is 2.10. The fourth-order valence-corrected chi connectivity index (χ4v) is 1.33. The molecule has 14 heavy (non-hydrogen) atoms. The predicted molar refractivity (Wildman–Crippen MR) is 55.9 cm³/mol. The Kier molecular flexibility index (Phi) is 5.74. The number of hydrogen-bond donors (Lipinski definition) is 0. The molecule has 0 saturated heterocycles. The van der Waals surface area contributed by atoms with Gasteiger partial charge in [-0.2, -0.15) is 0 Å². The molecule has 0 spiro atoms. The summed E-state index contributed by atoms with van der Waals surface area (Å²) in [7, 11) is 1.59. The van der Waals surface area contributed by atoms with Crippen molar-refractivity contribution in [1.82, 2.24) is 0 Å². The van der Waals surface area contributed by atoms with Gasteiger partial charge in [-0.25, -0.2) is 0 Å². The van der Waals surface area contributed by atoms with Gasteiger partial charge >= 0.3 is 99.5 Å². The van der Waals surface area contributed by atoms with Gasteiger partial charge in [0.25, 0.3) is 0 Å². The first-order chi connectivity index (χ1) is 6.32. The summed E-state index contributed by atoms with van der Waals surface area (Å²) in [5, 5.41) is 0. The number of allylic oxidation sites excluding steroid dienone is 1. The van der Waals surface area contributed by atoms with Crippen LogP contribution in [0.25, 0.3) is 0 Å². The Morgan fingerprint density at radius 1 is 1.43 bits per heavy atom. The summed E-state index contributed by atoms with van der Waals surface area (Å²) in [5.41, 5.74) is -0.368. The van der Waals surface area contributed by atoms with Crippen LogP contribution in [0.2, 0.25) is 0 Å². The molecule has 3 radical (unpaired) electrons. The fourth-order valence-electron chi connectivity index (χ4n) is 0.692. The molecule has 1 unspecified atom stereocenters. The summed E-state index contributed by atoms with van der Waals surface area (Å²) in [6, 6.07) is 0. The molecule has 1 atom stereocenters. The van der Waals surface area contributed by atoms with Crippen LogP contribution in [0.15, 0.2) is 11.8 Å². The molecular formula is C10H17O3Sn. The number of ether oxygens (including phenoxy) is 1. The van der Waals surface area contributed by atoms with Crippen LogP contribution in [-0.2, 0) is 12.6 Å². The fraction of sp³-hybridized carbons (Fsp3) is 0.700. The summed E-state index contributed by atoms with van der Waals surface area (Å²) in [4.78, 5) is 11.7. The van der Waals surface area contributed by atoms with E-state index in [2.05, 4.69) is 0 Å². The van der Waals surface area contributed by atoms with E-state index in [1.807, 2.05) is 27.7 Å². The van der Waals surface area contributed by atoms with Crippen LogP contribution in [0, 0.1) is 5.41 Å². The summed E-state index contributed by atoms with van der Waals surface area (Å²) in [6.07, 6.45) is 1.36. The number of carbonyl (C=O) groups is 1. The monoisotopic (exact) mass is 305 g/mol. The van der Waals surface area contributed by atoms with Crippen LogP contribution in [0.5, 0.6) is 0 Å². The minimum absolute atomic E-state index is 0.0544. The number of methoxy groups -OCH3 is 1. The average molecular weight is 304 g/mol. The molecule has 0 fully saturated rings. The predicted octanol–water partition coefficient (Wildman–Crippen LogP) is 1.62. The third-order valence-corrected chi connectivity index (χ3v) is 2.56. The molecule has 4 heteroatoms. The van der Waals surface area contributed by atoms with Crippen LogP contribution in [0.4, 0.5) is 0 Å². The number of ketones is 1. The third-order valence-electron chi connectivity index (χ3n) is 1.88. The van der Waals surface area contributed by atoms with E-state index in [0.717, 1.165) is 22.9 Å². The van der Waals surface area contributed by atoms with Gasteiger partial charge in [0, 0.05) is 0 Å². The molecule has 3 nitrogen and oxygen atoms in total.